The molecule has 0 radical (unpaired) electrons. The summed E-state index contributed by atoms with van der Waals surface area (Å²) in [7, 11) is 0. The minimum absolute atomic E-state index is 0.0261. The van der Waals surface area contributed by atoms with Crippen LogP contribution in [0.25, 0.3) is 10.9 Å². The van der Waals surface area contributed by atoms with Gasteiger partial charge in [0.05, 0.1) is 13.0 Å². The summed E-state index contributed by atoms with van der Waals surface area (Å²) < 4.78 is 5.38. The van der Waals surface area contributed by atoms with Crippen LogP contribution in [0.5, 0.6) is 0 Å². The number of H-pyrrole nitrogens is 1. The van der Waals surface area contributed by atoms with Crippen molar-refractivity contribution in [2.24, 2.45) is 0 Å². The number of benzene rings is 2. The van der Waals surface area contributed by atoms with E-state index in [9.17, 15) is 4.79 Å². The van der Waals surface area contributed by atoms with Crippen molar-refractivity contribution < 1.29 is 9.53 Å². The number of aromatic amines is 1. The number of aromatic nitrogens is 1. The highest BCUT2D eigenvalue weighted by Gasteiger charge is 2.08. The largest absolute Gasteiger partial charge is 0.377 e. The van der Waals surface area contributed by atoms with Crippen molar-refractivity contribution in [3.8, 4) is 0 Å². The van der Waals surface area contributed by atoms with Gasteiger partial charge in [0.2, 0.25) is 5.91 Å². The van der Waals surface area contributed by atoms with Crippen LogP contribution in [0, 0.1) is 0 Å². The summed E-state index contributed by atoms with van der Waals surface area (Å²) in [6.45, 7) is 3.86. The van der Waals surface area contributed by atoms with Gasteiger partial charge in [0.15, 0.2) is 0 Å². The van der Waals surface area contributed by atoms with E-state index in [-0.39, 0.29) is 5.91 Å². The van der Waals surface area contributed by atoms with Gasteiger partial charge in [-0.15, -0.1) is 0 Å². The molecule has 0 saturated carbocycles. The van der Waals surface area contributed by atoms with E-state index in [0.717, 1.165) is 27.6 Å². The summed E-state index contributed by atoms with van der Waals surface area (Å²) in [5.41, 5.74) is 4.31. The van der Waals surface area contributed by atoms with E-state index in [4.69, 9.17) is 4.74 Å². The Balaban J connectivity index is 1.54. The topological polar surface area (TPSA) is 54.1 Å². The fourth-order valence-corrected chi connectivity index (χ4v) is 2.69. The van der Waals surface area contributed by atoms with Gasteiger partial charge in [0.25, 0.3) is 0 Å². The van der Waals surface area contributed by atoms with Crippen molar-refractivity contribution in [1.82, 2.24) is 10.3 Å². The van der Waals surface area contributed by atoms with Gasteiger partial charge < -0.3 is 15.0 Å². The molecule has 4 nitrogen and oxygen atoms in total. The summed E-state index contributed by atoms with van der Waals surface area (Å²) in [6, 6.07) is 16.2. The lowest BCUT2D eigenvalue weighted by atomic mass is 10.1. The molecule has 0 fully saturated rings. The fourth-order valence-electron chi connectivity index (χ4n) is 2.69. The molecule has 0 spiro atoms. The first-order valence-electron chi connectivity index (χ1n) is 8.23. The van der Waals surface area contributed by atoms with Gasteiger partial charge in [-0.25, -0.2) is 0 Å². The lowest BCUT2D eigenvalue weighted by Crippen LogP contribution is -2.24. The maximum Gasteiger partial charge on any atom is 0.224 e. The minimum atomic E-state index is 0.0261. The highest BCUT2D eigenvalue weighted by molar-refractivity contribution is 5.88. The van der Waals surface area contributed by atoms with E-state index in [0.29, 0.717) is 26.2 Å². The molecule has 1 heterocycles. The lowest BCUT2D eigenvalue weighted by molar-refractivity contribution is -0.120. The van der Waals surface area contributed by atoms with E-state index in [1.54, 1.807) is 0 Å². The standard InChI is InChI=1S/C20H22N2O2/c1-2-24-14-16-9-7-15(8-10-16)12-22-20(23)11-17-13-21-19-6-4-3-5-18(17)19/h3-10,13,21H,2,11-12,14H2,1H3,(H,22,23). The van der Waals surface area contributed by atoms with E-state index in [1.165, 1.54) is 0 Å². The Bertz CT molecular complexity index is 806. The van der Waals surface area contributed by atoms with E-state index in [2.05, 4.69) is 10.3 Å². The molecule has 1 amide bonds. The monoisotopic (exact) mass is 322 g/mol. The number of ether oxygens (including phenoxy) is 1. The van der Waals surface area contributed by atoms with Crippen molar-refractivity contribution >= 4 is 16.8 Å². The number of carbonyl (C=O) groups is 1. The van der Waals surface area contributed by atoms with Gasteiger partial charge in [0, 0.05) is 30.3 Å². The molecule has 0 aliphatic heterocycles. The summed E-state index contributed by atoms with van der Waals surface area (Å²) in [4.78, 5) is 15.4. The van der Waals surface area contributed by atoms with E-state index >= 15 is 0 Å². The molecule has 0 atom stereocenters. The summed E-state index contributed by atoms with van der Waals surface area (Å²) >= 11 is 0. The zero-order valence-electron chi connectivity index (χ0n) is 13.8. The molecule has 1 aromatic heterocycles. The summed E-state index contributed by atoms with van der Waals surface area (Å²) in [6.07, 6.45) is 2.29. The molecular formula is C20H22N2O2. The molecule has 0 unspecified atom stereocenters. The quantitative estimate of drug-likeness (QED) is 0.699. The second kappa shape index (κ2) is 7.79. The number of carbonyl (C=O) groups excluding carboxylic acids is 1. The van der Waals surface area contributed by atoms with Crippen LogP contribution in [0.1, 0.15) is 23.6 Å². The number of fused-ring (bicyclic) bond motifs is 1. The Morgan fingerprint density at radius 2 is 1.83 bits per heavy atom. The second-order valence-electron chi connectivity index (χ2n) is 5.77. The predicted molar refractivity (Wildman–Crippen MR) is 95.6 cm³/mol. The van der Waals surface area contributed by atoms with Crippen LogP contribution < -0.4 is 5.32 Å². The highest BCUT2D eigenvalue weighted by atomic mass is 16.5. The van der Waals surface area contributed by atoms with Crippen molar-refractivity contribution in [1.29, 1.82) is 0 Å². The van der Waals surface area contributed by atoms with Crippen LogP contribution >= 0.6 is 0 Å². The van der Waals surface area contributed by atoms with Gasteiger partial charge in [-0.05, 0) is 29.7 Å². The van der Waals surface area contributed by atoms with Gasteiger partial charge in [-0.3, -0.25) is 4.79 Å². The van der Waals surface area contributed by atoms with Crippen LogP contribution in [0.4, 0.5) is 0 Å². The number of nitrogens with one attached hydrogen (secondary N) is 2. The van der Waals surface area contributed by atoms with Crippen LogP contribution in [0.15, 0.2) is 54.7 Å². The van der Waals surface area contributed by atoms with Crippen LogP contribution in [0.3, 0.4) is 0 Å². The molecule has 24 heavy (non-hydrogen) atoms. The number of hydrogen-bond donors (Lipinski definition) is 2. The SMILES string of the molecule is CCOCc1ccc(CNC(=O)Cc2c[nH]c3ccccc23)cc1. The number of para-hydroxylation sites is 1. The third-order valence-corrected chi connectivity index (χ3v) is 4.01. The summed E-state index contributed by atoms with van der Waals surface area (Å²) in [5, 5.41) is 4.09. The maximum absolute atomic E-state index is 12.2. The average Bonchev–Trinajstić information content (AvgIpc) is 3.02. The Hall–Kier alpha value is -2.59. The molecular weight excluding hydrogens is 300 g/mol. The minimum Gasteiger partial charge on any atom is -0.377 e. The molecule has 4 heteroatoms. The predicted octanol–water partition coefficient (Wildman–Crippen LogP) is 3.56. The maximum atomic E-state index is 12.2. The van der Waals surface area contributed by atoms with Crippen molar-refractivity contribution in [2.45, 2.75) is 26.5 Å². The average molecular weight is 322 g/mol. The Morgan fingerprint density at radius 3 is 2.62 bits per heavy atom. The van der Waals surface area contributed by atoms with Gasteiger partial charge >= 0.3 is 0 Å². The van der Waals surface area contributed by atoms with Crippen LogP contribution in [0.2, 0.25) is 0 Å². The molecule has 3 aromatic rings. The van der Waals surface area contributed by atoms with E-state index in [1.807, 2.05) is 61.7 Å². The molecule has 3 rings (SSSR count). The molecule has 0 saturated heterocycles. The van der Waals surface area contributed by atoms with Crippen molar-refractivity contribution in [3.63, 3.8) is 0 Å². The van der Waals surface area contributed by atoms with Crippen molar-refractivity contribution in [3.05, 3.63) is 71.4 Å². The third kappa shape index (κ3) is 4.03. The van der Waals surface area contributed by atoms with Crippen molar-refractivity contribution in [2.75, 3.05) is 6.61 Å². The Morgan fingerprint density at radius 1 is 1.08 bits per heavy atom. The number of hydrogen-bond acceptors (Lipinski definition) is 2. The molecule has 124 valence electrons. The molecule has 0 aliphatic carbocycles. The summed E-state index contributed by atoms with van der Waals surface area (Å²) in [5.74, 6) is 0.0261. The Labute approximate surface area is 141 Å². The zero-order chi connectivity index (χ0) is 16.8. The first kappa shape index (κ1) is 16.3. The van der Waals surface area contributed by atoms with Crippen LogP contribution in [-0.4, -0.2) is 17.5 Å². The zero-order valence-corrected chi connectivity index (χ0v) is 13.8. The number of amides is 1. The van der Waals surface area contributed by atoms with Gasteiger partial charge in [-0.2, -0.15) is 0 Å². The normalized spacial score (nSPS) is 10.9. The third-order valence-electron chi connectivity index (χ3n) is 4.01. The second-order valence-corrected chi connectivity index (χ2v) is 5.77. The van der Waals surface area contributed by atoms with Gasteiger partial charge in [0.1, 0.15) is 0 Å². The number of rotatable bonds is 7. The fraction of sp³-hybridized carbons (Fsp3) is 0.250. The van der Waals surface area contributed by atoms with Gasteiger partial charge in [-0.1, -0.05) is 42.5 Å². The molecule has 0 bridgehead atoms. The van der Waals surface area contributed by atoms with Crippen LogP contribution in [-0.2, 0) is 29.1 Å². The smallest absolute Gasteiger partial charge is 0.224 e. The highest BCUT2D eigenvalue weighted by Crippen LogP contribution is 2.18. The van der Waals surface area contributed by atoms with E-state index < -0.39 is 0 Å². The molecule has 2 N–H and O–H groups in total. The lowest BCUT2D eigenvalue weighted by Gasteiger charge is -2.07. The molecule has 2 aromatic carbocycles. The Kier molecular flexibility index (Phi) is 5.29. The first-order chi connectivity index (χ1) is 11.8. The first-order valence-corrected chi connectivity index (χ1v) is 8.23. The molecule has 0 aliphatic rings.